The van der Waals surface area contributed by atoms with Gasteiger partial charge in [-0.25, -0.2) is 4.68 Å². The minimum absolute atomic E-state index is 0.221. The molecule has 30 heavy (non-hydrogen) atoms. The van der Waals surface area contributed by atoms with Crippen molar-refractivity contribution in [3.63, 3.8) is 0 Å². The number of rotatable bonds is 6. The van der Waals surface area contributed by atoms with Crippen LogP contribution in [0.4, 0.5) is 13.2 Å². The van der Waals surface area contributed by atoms with Crippen LogP contribution in [0.15, 0.2) is 65.5 Å². The van der Waals surface area contributed by atoms with Crippen LogP contribution in [-0.4, -0.2) is 22.7 Å². The number of halogens is 3. The molecule has 1 unspecified atom stereocenters. The van der Waals surface area contributed by atoms with Crippen molar-refractivity contribution < 1.29 is 22.7 Å². The van der Waals surface area contributed by atoms with Crippen LogP contribution in [-0.2, 0) is 17.4 Å². The summed E-state index contributed by atoms with van der Waals surface area (Å²) in [5.74, 6) is 0.187. The molecule has 0 saturated heterocycles. The second kappa shape index (κ2) is 8.52. The Hall–Kier alpha value is -3.42. The highest BCUT2D eigenvalue weighted by atomic mass is 19.4. The zero-order valence-electron chi connectivity index (χ0n) is 16.3. The number of alkyl halides is 3. The van der Waals surface area contributed by atoms with E-state index in [9.17, 15) is 22.8 Å². The first kappa shape index (κ1) is 21.3. The average molecular weight is 416 g/mol. The Morgan fingerprint density at radius 2 is 1.83 bits per heavy atom. The van der Waals surface area contributed by atoms with E-state index in [0.717, 1.165) is 16.8 Å². The fourth-order valence-electron chi connectivity index (χ4n) is 2.98. The molecule has 5 nitrogen and oxygen atoms in total. The highest BCUT2D eigenvalue weighted by molar-refractivity contribution is 5.84. The Labute approximate surface area is 170 Å². The fourth-order valence-corrected chi connectivity index (χ4v) is 2.98. The van der Waals surface area contributed by atoms with E-state index in [1.807, 2.05) is 0 Å². The molecule has 0 fully saturated rings. The molecule has 8 heteroatoms. The number of ether oxygens (including phenoxy) is 1. The van der Waals surface area contributed by atoms with Crippen molar-refractivity contribution in [2.24, 2.45) is 0 Å². The molecular formula is C22H19F3N2O3. The molecule has 0 saturated carbocycles. The number of benzene rings is 2. The third kappa shape index (κ3) is 4.76. The number of methoxy groups -OCH3 is 1. The van der Waals surface area contributed by atoms with Crippen LogP contribution in [0.2, 0.25) is 0 Å². The number of hydrogen-bond acceptors (Lipinski definition) is 4. The second-order valence-electron chi connectivity index (χ2n) is 6.75. The Morgan fingerprint density at radius 1 is 1.10 bits per heavy atom. The summed E-state index contributed by atoms with van der Waals surface area (Å²) in [6.45, 7) is 1.50. The monoisotopic (exact) mass is 416 g/mol. The first-order valence-corrected chi connectivity index (χ1v) is 9.12. The molecule has 3 rings (SSSR count). The molecule has 1 heterocycles. The lowest BCUT2D eigenvalue weighted by Crippen LogP contribution is -2.31. The zero-order valence-corrected chi connectivity index (χ0v) is 16.3. The summed E-state index contributed by atoms with van der Waals surface area (Å²) in [5, 5.41) is 4.29. The maximum atomic E-state index is 12.9. The van der Waals surface area contributed by atoms with Crippen molar-refractivity contribution >= 4 is 5.78 Å². The van der Waals surface area contributed by atoms with Crippen molar-refractivity contribution in [1.82, 2.24) is 9.78 Å². The Morgan fingerprint density at radius 3 is 2.53 bits per heavy atom. The van der Waals surface area contributed by atoms with Crippen LogP contribution in [0.1, 0.15) is 24.1 Å². The van der Waals surface area contributed by atoms with Crippen molar-refractivity contribution in [1.29, 1.82) is 0 Å². The minimum atomic E-state index is -4.49. The Kier molecular flexibility index (Phi) is 6.05. The van der Waals surface area contributed by atoms with Gasteiger partial charge in [0.15, 0.2) is 5.78 Å². The molecule has 2 aromatic carbocycles. The molecule has 0 bridgehead atoms. The number of hydrogen-bond donors (Lipinski definition) is 0. The van der Waals surface area contributed by atoms with E-state index in [1.54, 1.807) is 24.3 Å². The maximum absolute atomic E-state index is 12.9. The van der Waals surface area contributed by atoms with Crippen molar-refractivity contribution in [2.75, 3.05) is 7.11 Å². The van der Waals surface area contributed by atoms with Crippen LogP contribution in [0.5, 0.6) is 5.75 Å². The van der Waals surface area contributed by atoms with Gasteiger partial charge in [0.2, 0.25) is 0 Å². The van der Waals surface area contributed by atoms with E-state index in [0.29, 0.717) is 17.0 Å². The summed E-state index contributed by atoms with van der Waals surface area (Å²) in [4.78, 5) is 25.0. The molecule has 0 aliphatic rings. The predicted octanol–water partition coefficient (Wildman–Crippen LogP) is 4.31. The van der Waals surface area contributed by atoms with Crippen LogP contribution in [0, 0.1) is 0 Å². The minimum Gasteiger partial charge on any atom is -0.497 e. The number of carbonyl (C=O) groups is 1. The molecule has 156 valence electrons. The first-order chi connectivity index (χ1) is 14.2. The van der Waals surface area contributed by atoms with Gasteiger partial charge in [-0.15, -0.1) is 0 Å². The topological polar surface area (TPSA) is 61.2 Å². The predicted molar refractivity (Wildman–Crippen MR) is 105 cm³/mol. The molecule has 0 amide bonds. The average Bonchev–Trinajstić information content (AvgIpc) is 2.73. The van der Waals surface area contributed by atoms with E-state index in [2.05, 4.69) is 5.10 Å². The third-order valence-corrected chi connectivity index (χ3v) is 4.66. The first-order valence-electron chi connectivity index (χ1n) is 9.12. The van der Waals surface area contributed by atoms with Gasteiger partial charge in [-0.2, -0.15) is 18.3 Å². The fraction of sp³-hybridized carbons (Fsp3) is 0.227. The summed E-state index contributed by atoms with van der Waals surface area (Å²) in [6, 6.07) is 13.5. The highest BCUT2D eigenvalue weighted by Gasteiger charge is 2.30. The Bertz CT molecular complexity index is 1120. The van der Waals surface area contributed by atoms with Gasteiger partial charge >= 0.3 is 6.18 Å². The smallest absolute Gasteiger partial charge is 0.416 e. The largest absolute Gasteiger partial charge is 0.497 e. The molecule has 3 aromatic rings. The van der Waals surface area contributed by atoms with Gasteiger partial charge in [-0.1, -0.05) is 30.3 Å². The van der Waals surface area contributed by atoms with Gasteiger partial charge in [-0.05, 0) is 36.8 Å². The van der Waals surface area contributed by atoms with Crippen LogP contribution in [0.3, 0.4) is 0 Å². The molecule has 1 aromatic heterocycles. The van der Waals surface area contributed by atoms with Gasteiger partial charge in [0.05, 0.1) is 18.4 Å². The van der Waals surface area contributed by atoms with Crippen molar-refractivity contribution in [3.8, 4) is 17.0 Å². The van der Waals surface area contributed by atoms with Gasteiger partial charge < -0.3 is 4.74 Å². The molecule has 0 radical (unpaired) electrons. The van der Waals surface area contributed by atoms with Gasteiger partial charge in [0.25, 0.3) is 5.56 Å². The molecular weight excluding hydrogens is 397 g/mol. The number of ketones is 1. The van der Waals surface area contributed by atoms with Gasteiger partial charge in [0, 0.05) is 18.1 Å². The highest BCUT2D eigenvalue weighted by Crippen LogP contribution is 2.30. The van der Waals surface area contributed by atoms with Crippen LogP contribution in [0.25, 0.3) is 11.3 Å². The lowest BCUT2D eigenvalue weighted by atomic mass is 10.0. The van der Waals surface area contributed by atoms with Crippen molar-refractivity contribution in [3.05, 3.63) is 82.1 Å². The van der Waals surface area contributed by atoms with Gasteiger partial charge in [-0.3, -0.25) is 9.59 Å². The molecule has 1 atom stereocenters. The van der Waals surface area contributed by atoms with E-state index in [1.165, 1.54) is 38.3 Å². The van der Waals surface area contributed by atoms with E-state index >= 15 is 0 Å². The summed E-state index contributed by atoms with van der Waals surface area (Å²) >= 11 is 0. The SMILES string of the molecule is COc1cccc(-c2ccc(=O)n(C(C)C(=O)Cc3cccc(C(F)(F)F)c3)n2)c1. The summed E-state index contributed by atoms with van der Waals surface area (Å²) in [6.07, 6.45) is -4.74. The van der Waals surface area contributed by atoms with E-state index < -0.39 is 29.1 Å². The molecule has 0 N–H and O–H groups in total. The van der Waals surface area contributed by atoms with E-state index in [4.69, 9.17) is 4.74 Å². The lowest BCUT2D eigenvalue weighted by molar-refractivity contribution is -0.137. The molecule has 0 spiro atoms. The van der Waals surface area contributed by atoms with Gasteiger partial charge in [0.1, 0.15) is 11.8 Å². The number of aromatic nitrogens is 2. The third-order valence-electron chi connectivity index (χ3n) is 4.66. The zero-order chi connectivity index (χ0) is 21.9. The van der Waals surface area contributed by atoms with Crippen molar-refractivity contribution in [2.45, 2.75) is 25.6 Å². The molecule has 0 aliphatic carbocycles. The number of carbonyl (C=O) groups excluding carboxylic acids is 1. The standard InChI is InChI=1S/C22H19F3N2O3/c1-14(20(28)12-15-5-3-7-17(11-15)22(23,24)25)27-21(29)10-9-19(26-27)16-6-4-8-18(13-16)30-2/h3-11,13-14H,12H2,1-2H3. The second-order valence-corrected chi connectivity index (χ2v) is 6.75. The number of nitrogens with zero attached hydrogens (tertiary/aromatic N) is 2. The summed E-state index contributed by atoms with van der Waals surface area (Å²) < 4.78 is 44.9. The molecule has 0 aliphatic heterocycles. The maximum Gasteiger partial charge on any atom is 0.416 e. The van der Waals surface area contributed by atoms with Crippen LogP contribution >= 0.6 is 0 Å². The quantitative estimate of drug-likeness (QED) is 0.601. The normalized spacial score (nSPS) is 12.4. The van der Waals surface area contributed by atoms with Crippen LogP contribution < -0.4 is 10.3 Å². The Balaban J connectivity index is 1.86. The van der Waals surface area contributed by atoms with E-state index in [-0.39, 0.29) is 12.0 Å². The summed E-state index contributed by atoms with van der Waals surface area (Å²) in [7, 11) is 1.53. The number of Topliss-reactive ketones (excluding diaryl/α,β-unsaturated/α-hetero) is 1. The lowest BCUT2D eigenvalue weighted by Gasteiger charge is -2.15. The summed E-state index contributed by atoms with van der Waals surface area (Å²) in [5.41, 5.74) is 0.0776.